The van der Waals surface area contributed by atoms with Gasteiger partial charge in [0.2, 0.25) is 5.91 Å². The first kappa shape index (κ1) is 30.7. The van der Waals surface area contributed by atoms with E-state index in [0.717, 1.165) is 73.6 Å². The molecule has 3 heterocycles. The molecule has 1 atom stereocenters. The number of H-pyrrole nitrogens is 1. The number of hydrogen-bond donors (Lipinski definition) is 5. The lowest BCUT2D eigenvalue weighted by molar-refractivity contribution is -0.129. The van der Waals surface area contributed by atoms with Crippen molar-refractivity contribution in [1.82, 2.24) is 30.6 Å². The second-order valence-electron chi connectivity index (χ2n) is 11.7. The number of hydrogen-bond acceptors (Lipinski definition) is 7. The normalized spacial score (nSPS) is 15.0. The molecule has 0 radical (unpaired) electrons. The Morgan fingerprint density at radius 2 is 1.74 bits per heavy atom. The summed E-state index contributed by atoms with van der Waals surface area (Å²) in [5.41, 5.74) is 7.26. The van der Waals surface area contributed by atoms with Gasteiger partial charge in [0, 0.05) is 30.7 Å². The SMILES string of the molecule is CC(Nc1ncnc2[nH]c(-c3ccc(CN4CCC(NCCCCCCCC(=O)NO)CC4)cc3)cc12)c1ccccc1. The molecule has 0 saturated carbocycles. The third kappa shape index (κ3) is 8.86. The lowest BCUT2D eigenvalue weighted by atomic mass is 10.0. The van der Waals surface area contributed by atoms with Crippen LogP contribution in [0.2, 0.25) is 0 Å². The van der Waals surface area contributed by atoms with Crippen molar-refractivity contribution in [1.29, 1.82) is 0 Å². The molecule has 1 amide bonds. The number of nitrogens with one attached hydrogen (secondary N) is 4. The number of rotatable bonds is 15. The number of nitrogens with zero attached hydrogens (tertiary/aromatic N) is 3. The lowest BCUT2D eigenvalue weighted by Gasteiger charge is -2.32. The van der Waals surface area contributed by atoms with E-state index in [1.54, 1.807) is 11.8 Å². The molecule has 0 bridgehead atoms. The van der Waals surface area contributed by atoms with E-state index in [9.17, 15) is 4.79 Å². The van der Waals surface area contributed by atoms with Crippen LogP contribution >= 0.6 is 0 Å². The quantitative estimate of drug-likeness (QED) is 0.0643. The van der Waals surface area contributed by atoms with E-state index < -0.39 is 0 Å². The zero-order valence-corrected chi connectivity index (χ0v) is 25.2. The monoisotopic (exact) mass is 583 g/mol. The molecule has 4 aromatic rings. The maximum absolute atomic E-state index is 11.0. The predicted octanol–water partition coefficient (Wildman–Crippen LogP) is 6.20. The van der Waals surface area contributed by atoms with Gasteiger partial charge < -0.3 is 15.6 Å². The largest absolute Gasteiger partial charge is 0.363 e. The van der Waals surface area contributed by atoms with Gasteiger partial charge in [-0.15, -0.1) is 0 Å². The van der Waals surface area contributed by atoms with Gasteiger partial charge in [-0.25, -0.2) is 15.4 Å². The molecule has 1 unspecified atom stereocenters. The number of aromatic amines is 1. The average molecular weight is 584 g/mol. The van der Waals surface area contributed by atoms with Crippen LogP contribution < -0.4 is 16.1 Å². The minimum Gasteiger partial charge on any atom is -0.363 e. The molecule has 43 heavy (non-hydrogen) atoms. The smallest absolute Gasteiger partial charge is 0.243 e. The molecule has 1 saturated heterocycles. The number of anilines is 1. The van der Waals surface area contributed by atoms with Gasteiger partial charge in [0.05, 0.1) is 5.39 Å². The van der Waals surface area contributed by atoms with Gasteiger partial charge in [-0.1, -0.05) is 73.9 Å². The highest BCUT2D eigenvalue weighted by atomic mass is 16.5. The second-order valence-corrected chi connectivity index (χ2v) is 11.7. The van der Waals surface area contributed by atoms with Gasteiger partial charge in [0.25, 0.3) is 0 Å². The number of carbonyl (C=O) groups is 1. The number of fused-ring (bicyclic) bond motifs is 1. The van der Waals surface area contributed by atoms with E-state index in [-0.39, 0.29) is 11.9 Å². The van der Waals surface area contributed by atoms with Crippen LogP contribution in [0.3, 0.4) is 0 Å². The number of piperidine rings is 1. The van der Waals surface area contributed by atoms with E-state index >= 15 is 0 Å². The van der Waals surface area contributed by atoms with Crippen LogP contribution in [0, 0.1) is 0 Å². The fourth-order valence-electron chi connectivity index (χ4n) is 5.89. The van der Waals surface area contributed by atoms with Gasteiger partial charge in [-0.3, -0.25) is 14.9 Å². The molecular weight excluding hydrogens is 538 g/mol. The Balaban J connectivity index is 1.05. The first-order chi connectivity index (χ1) is 21.1. The van der Waals surface area contributed by atoms with Crippen molar-refractivity contribution in [2.45, 2.75) is 76.9 Å². The molecule has 1 aliphatic heterocycles. The molecule has 9 heteroatoms. The summed E-state index contributed by atoms with van der Waals surface area (Å²) >= 11 is 0. The molecule has 1 aliphatic rings. The van der Waals surface area contributed by atoms with Crippen LogP contribution in [-0.4, -0.2) is 56.6 Å². The molecule has 0 aliphatic carbocycles. The maximum Gasteiger partial charge on any atom is 0.243 e. The van der Waals surface area contributed by atoms with Gasteiger partial charge in [-0.05, 0) is 75.0 Å². The van der Waals surface area contributed by atoms with Gasteiger partial charge >= 0.3 is 0 Å². The Morgan fingerprint density at radius 1 is 1.00 bits per heavy atom. The number of benzene rings is 2. The Bertz CT molecular complexity index is 1420. The molecule has 1 fully saturated rings. The Morgan fingerprint density at radius 3 is 2.51 bits per heavy atom. The third-order valence-electron chi connectivity index (χ3n) is 8.48. The van der Waals surface area contributed by atoms with Crippen LogP contribution in [0.15, 0.2) is 67.0 Å². The summed E-state index contributed by atoms with van der Waals surface area (Å²) in [4.78, 5) is 26.1. The molecular formula is C34H45N7O2. The van der Waals surface area contributed by atoms with E-state index in [0.29, 0.717) is 12.5 Å². The van der Waals surface area contributed by atoms with E-state index in [2.05, 4.69) is 92.0 Å². The minimum absolute atomic E-state index is 0.134. The first-order valence-electron chi connectivity index (χ1n) is 15.7. The highest BCUT2D eigenvalue weighted by Crippen LogP contribution is 2.29. The zero-order chi connectivity index (χ0) is 29.9. The standard InChI is InChI=1S/C34H45N7O2/c1-25(27-10-6-5-7-11-27)38-33-30-22-31(39-34(30)37-24-36-33)28-15-13-26(14-16-28)23-41-20-17-29(18-21-41)35-19-9-4-2-3-8-12-32(42)40-43/h5-7,10-11,13-16,22,24-25,29,35,43H,2-4,8-9,12,17-21,23H2,1H3,(H,40,42)(H2,36,37,38,39). The summed E-state index contributed by atoms with van der Waals surface area (Å²) in [6.07, 6.45) is 9.75. The summed E-state index contributed by atoms with van der Waals surface area (Å²) < 4.78 is 0. The summed E-state index contributed by atoms with van der Waals surface area (Å²) in [5, 5.41) is 16.8. The van der Waals surface area contributed by atoms with Crippen molar-refractivity contribution in [3.8, 4) is 11.3 Å². The number of hydroxylamine groups is 1. The number of carbonyl (C=O) groups excluding carboxylic acids is 1. The molecule has 9 nitrogen and oxygen atoms in total. The first-order valence-corrected chi connectivity index (χ1v) is 15.7. The fraction of sp³-hybridized carbons (Fsp3) is 0.441. The van der Waals surface area contributed by atoms with Crippen LogP contribution in [-0.2, 0) is 11.3 Å². The van der Waals surface area contributed by atoms with Crippen molar-refractivity contribution in [2.24, 2.45) is 0 Å². The van der Waals surface area contributed by atoms with E-state index in [1.165, 1.54) is 36.8 Å². The van der Waals surface area contributed by atoms with Crippen LogP contribution in [0.4, 0.5) is 5.82 Å². The highest BCUT2D eigenvalue weighted by Gasteiger charge is 2.19. The molecule has 0 spiro atoms. The highest BCUT2D eigenvalue weighted by molar-refractivity contribution is 5.91. The number of amides is 1. The summed E-state index contributed by atoms with van der Waals surface area (Å²) in [7, 11) is 0. The van der Waals surface area contributed by atoms with Crippen LogP contribution in [0.1, 0.15) is 75.5 Å². The number of unbranched alkanes of at least 4 members (excludes halogenated alkanes) is 4. The Hall–Kier alpha value is -3.79. The van der Waals surface area contributed by atoms with Crippen molar-refractivity contribution in [3.63, 3.8) is 0 Å². The molecule has 228 valence electrons. The van der Waals surface area contributed by atoms with Crippen molar-refractivity contribution >= 4 is 22.8 Å². The summed E-state index contributed by atoms with van der Waals surface area (Å²) in [6.45, 7) is 6.41. The van der Waals surface area contributed by atoms with E-state index in [4.69, 9.17) is 5.21 Å². The lowest BCUT2D eigenvalue weighted by Crippen LogP contribution is -2.42. The maximum atomic E-state index is 11.0. The van der Waals surface area contributed by atoms with Gasteiger partial charge in [0.1, 0.15) is 17.8 Å². The minimum atomic E-state index is -0.289. The summed E-state index contributed by atoms with van der Waals surface area (Å²) in [6, 6.07) is 22.1. The topological polar surface area (TPSA) is 118 Å². The average Bonchev–Trinajstić information content (AvgIpc) is 3.49. The molecule has 2 aromatic carbocycles. The molecule has 5 N–H and O–H groups in total. The zero-order valence-electron chi connectivity index (χ0n) is 25.2. The predicted molar refractivity (Wildman–Crippen MR) is 172 cm³/mol. The van der Waals surface area contributed by atoms with Crippen molar-refractivity contribution in [2.75, 3.05) is 25.0 Å². The number of aromatic nitrogens is 3. The molecule has 2 aromatic heterocycles. The third-order valence-corrected chi connectivity index (χ3v) is 8.48. The van der Waals surface area contributed by atoms with Crippen LogP contribution in [0.25, 0.3) is 22.3 Å². The van der Waals surface area contributed by atoms with Crippen molar-refractivity contribution in [3.05, 3.63) is 78.1 Å². The van der Waals surface area contributed by atoms with Crippen LogP contribution in [0.5, 0.6) is 0 Å². The Labute approximate surface area is 254 Å². The summed E-state index contributed by atoms with van der Waals surface area (Å²) in [5.74, 6) is 0.545. The van der Waals surface area contributed by atoms with Crippen molar-refractivity contribution < 1.29 is 10.0 Å². The fourth-order valence-corrected chi connectivity index (χ4v) is 5.89. The van der Waals surface area contributed by atoms with Gasteiger partial charge in [-0.2, -0.15) is 0 Å². The van der Waals surface area contributed by atoms with E-state index in [1.807, 2.05) is 6.07 Å². The van der Waals surface area contributed by atoms with Gasteiger partial charge in [0.15, 0.2) is 0 Å². The Kier molecular flexibility index (Phi) is 11.1. The second kappa shape index (κ2) is 15.6. The number of likely N-dealkylation sites (tertiary alicyclic amines) is 1. The molecule has 5 rings (SSSR count).